The number of nitrogens with two attached hydrogens (primary N) is 1. The standard InChI is InChI=1S/C6H15NO3/c7-6(4-10)5(3-9)1-2-8/h5-6,8-10H,1-4,7H2. The summed E-state index contributed by atoms with van der Waals surface area (Å²) in [5.41, 5.74) is 5.39. The van der Waals surface area contributed by atoms with E-state index in [0.717, 1.165) is 0 Å². The molecule has 0 saturated heterocycles. The highest BCUT2D eigenvalue weighted by molar-refractivity contribution is 4.70. The first-order valence-corrected chi connectivity index (χ1v) is 3.34. The molecule has 0 fully saturated rings. The molecule has 0 aliphatic heterocycles. The Morgan fingerprint density at radius 2 is 1.70 bits per heavy atom. The molecule has 0 aromatic rings. The molecule has 2 unspecified atom stereocenters. The van der Waals surface area contributed by atoms with Gasteiger partial charge in [0.25, 0.3) is 0 Å². The summed E-state index contributed by atoms with van der Waals surface area (Å²) >= 11 is 0. The minimum Gasteiger partial charge on any atom is -0.396 e. The number of aliphatic hydroxyl groups is 3. The van der Waals surface area contributed by atoms with Gasteiger partial charge in [-0.1, -0.05) is 0 Å². The Morgan fingerprint density at radius 3 is 2.00 bits per heavy atom. The summed E-state index contributed by atoms with van der Waals surface area (Å²) in [6.07, 6.45) is 0.443. The smallest absolute Gasteiger partial charge is 0.0586 e. The van der Waals surface area contributed by atoms with Crippen LogP contribution in [0, 0.1) is 5.92 Å². The molecule has 5 N–H and O–H groups in total. The molecule has 0 rings (SSSR count). The lowest BCUT2D eigenvalue weighted by atomic mass is 9.99. The van der Waals surface area contributed by atoms with E-state index in [9.17, 15) is 0 Å². The maximum Gasteiger partial charge on any atom is 0.0586 e. The second-order valence-corrected chi connectivity index (χ2v) is 2.30. The summed E-state index contributed by atoms with van der Waals surface area (Å²) in [4.78, 5) is 0. The molecule has 10 heavy (non-hydrogen) atoms. The van der Waals surface area contributed by atoms with Gasteiger partial charge in [-0.15, -0.1) is 0 Å². The Morgan fingerprint density at radius 1 is 1.10 bits per heavy atom. The van der Waals surface area contributed by atoms with Gasteiger partial charge in [0.05, 0.1) is 6.61 Å². The SMILES string of the molecule is NC(CO)C(CO)CCO. The largest absolute Gasteiger partial charge is 0.396 e. The fraction of sp³-hybridized carbons (Fsp3) is 1.00. The fourth-order valence-corrected chi connectivity index (χ4v) is 0.756. The van der Waals surface area contributed by atoms with Crippen molar-refractivity contribution >= 4 is 0 Å². The molecule has 0 radical (unpaired) electrons. The van der Waals surface area contributed by atoms with Crippen molar-refractivity contribution in [2.45, 2.75) is 12.5 Å². The lowest BCUT2D eigenvalue weighted by molar-refractivity contribution is 0.134. The number of hydrogen-bond acceptors (Lipinski definition) is 4. The van der Waals surface area contributed by atoms with Gasteiger partial charge >= 0.3 is 0 Å². The normalized spacial score (nSPS) is 16.8. The van der Waals surface area contributed by atoms with Crippen LogP contribution >= 0.6 is 0 Å². The van der Waals surface area contributed by atoms with E-state index in [4.69, 9.17) is 21.1 Å². The van der Waals surface area contributed by atoms with Gasteiger partial charge < -0.3 is 21.1 Å². The molecule has 4 nitrogen and oxygen atoms in total. The van der Waals surface area contributed by atoms with Crippen LogP contribution in [0.25, 0.3) is 0 Å². The molecule has 4 heteroatoms. The summed E-state index contributed by atoms with van der Waals surface area (Å²) in [6, 6.07) is -0.419. The zero-order chi connectivity index (χ0) is 7.98. The van der Waals surface area contributed by atoms with E-state index < -0.39 is 6.04 Å². The summed E-state index contributed by atoms with van der Waals surface area (Å²) in [6.45, 7) is -0.230. The van der Waals surface area contributed by atoms with Crippen molar-refractivity contribution < 1.29 is 15.3 Å². The zero-order valence-electron chi connectivity index (χ0n) is 5.90. The van der Waals surface area contributed by atoms with Gasteiger partial charge in [-0.05, 0) is 6.42 Å². The Labute approximate surface area is 60.3 Å². The second kappa shape index (κ2) is 5.61. The molecule has 0 saturated carbocycles. The van der Waals surface area contributed by atoms with Crippen molar-refractivity contribution in [2.24, 2.45) is 11.7 Å². The van der Waals surface area contributed by atoms with Gasteiger partial charge in [0, 0.05) is 25.2 Å². The predicted molar refractivity (Wildman–Crippen MR) is 37.3 cm³/mol. The number of aliphatic hydroxyl groups excluding tert-OH is 3. The van der Waals surface area contributed by atoms with Gasteiger partial charge in [-0.2, -0.15) is 0 Å². The highest BCUT2D eigenvalue weighted by atomic mass is 16.3. The topological polar surface area (TPSA) is 86.7 Å². The zero-order valence-corrected chi connectivity index (χ0v) is 5.90. The van der Waals surface area contributed by atoms with Gasteiger partial charge in [0.15, 0.2) is 0 Å². The Bertz CT molecular complexity index is 79.4. The van der Waals surface area contributed by atoms with Crippen molar-refractivity contribution in [3.63, 3.8) is 0 Å². The molecule has 0 aromatic heterocycles. The molecule has 0 heterocycles. The van der Waals surface area contributed by atoms with E-state index in [1.54, 1.807) is 0 Å². The lowest BCUT2D eigenvalue weighted by Crippen LogP contribution is -2.36. The Kier molecular flexibility index (Phi) is 5.52. The summed E-state index contributed by atoms with van der Waals surface area (Å²) in [5, 5.41) is 25.7. The second-order valence-electron chi connectivity index (χ2n) is 2.30. The van der Waals surface area contributed by atoms with Gasteiger partial charge in [-0.3, -0.25) is 0 Å². The van der Waals surface area contributed by atoms with Gasteiger partial charge in [-0.25, -0.2) is 0 Å². The molecule has 2 atom stereocenters. The summed E-state index contributed by atoms with van der Waals surface area (Å²) < 4.78 is 0. The van der Waals surface area contributed by atoms with Crippen LogP contribution in [-0.2, 0) is 0 Å². The van der Waals surface area contributed by atoms with Crippen LogP contribution in [0.4, 0.5) is 0 Å². The van der Waals surface area contributed by atoms with Crippen LogP contribution in [0.3, 0.4) is 0 Å². The van der Waals surface area contributed by atoms with Crippen molar-refractivity contribution in [3.05, 3.63) is 0 Å². The molecule has 0 aliphatic rings. The maximum atomic E-state index is 8.66. The number of hydrogen-bond donors (Lipinski definition) is 4. The molecule has 0 amide bonds. The first-order valence-electron chi connectivity index (χ1n) is 3.34. The molecular formula is C6H15NO3. The summed E-state index contributed by atoms with van der Waals surface area (Å²) in [7, 11) is 0. The highest BCUT2D eigenvalue weighted by Crippen LogP contribution is 2.04. The number of rotatable bonds is 5. The van der Waals surface area contributed by atoms with Crippen LogP contribution in [0.2, 0.25) is 0 Å². The van der Waals surface area contributed by atoms with E-state index in [2.05, 4.69) is 0 Å². The van der Waals surface area contributed by atoms with Crippen molar-refractivity contribution in [2.75, 3.05) is 19.8 Å². The molecule has 0 aliphatic carbocycles. The maximum absolute atomic E-state index is 8.66. The van der Waals surface area contributed by atoms with E-state index in [0.29, 0.717) is 6.42 Å². The first kappa shape index (κ1) is 9.84. The van der Waals surface area contributed by atoms with Crippen molar-refractivity contribution in [3.8, 4) is 0 Å². The third-order valence-electron chi connectivity index (χ3n) is 1.55. The Hall–Kier alpha value is -0.160. The fourth-order valence-electron chi connectivity index (χ4n) is 0.756. The average molecular weight is 149 g/mol. The van der Waals surface area contributed by atoms with Crippen molar-refractivity contribution in [1.82, 2.24) is 0 Å². The quantitative estimate of drug-likeness (QED) is 0.375. The molecular weight excluding hydrogens is 134 g/mol. The average Bonchev–Trinajstić information content (AvgIpc) is 1.99. The molecule has 0 bridgehead atoms. The molecule has 0 spiro atoms. The van der Waals surface area contributed by atoms with Crippen LogP contribution in [0.1, 0.15) is 6.42 Å². The van der Waals surface area contributed by atoms with Gasteiger partial charge in [0.1, 0.15) is 0 Å². The van der Waals surface area contributed by atoms with Crippen LogP contribution in [0.15, 0.2) is 0 Å². The molecule has 62 valence electrons. The minimum atomic E-state index is -0.419. The highest BCUT2D eigenvalue weighted by Gasteiger charge is 2.14. The van der Waals surface area contributed by atoms with Crippen LogP contribution in [-0.4, -0.2) is 41.2 Å². The lowest BCUT2D eigenvalue weighted by Gasteiger charge is -2.18. The minimum absolute atomic E-state index is 0.00106. The third kappa shape index (κ3) is 3.12. The predicted octanol–water partition coefficient (Wildman–Crippen LogP) is -1.70. The first-order chi connectivity index (χ1) is 4.76. The van der Waals surface area contributed by atoms with E-state index in [1.807, 2.05) is 0 Å². The van der Waals surface area contributed by atoms with E-state index in [1.165, 1.54) is 0 Å². The van der Waals surface area contributed by atoms with Crippen LogP contribution < -0.4 is 5.73 Å². The summed E-state index contributed by atoms with van der Waals surface area (Å²) in [5.74, 6) is -0.185. The monoisotopic (exact) mass is 149 g/mol. The molecule has 0 aromatic carbocycles. The van der Waals surface area contributed by atoms with Gasteiger partial charge in [0.2, 0.25) is 0 Å². The van der Waals surface area contributed by atoms with Crippen LogP contribution in [0.5, 0.6) is 0 Å². The van der Waals surface area contributed by atoms with E-state index in [-0.39, 0.29) is 25.7 Å². The van der Waals surface area contributed by atoms with Crippen molar-refractivity contribution in [1.29, 1.82) is 0 Å². The van der Waals surface area contributed by atoms with E-state index >= 15 is 0 Å². The third-order valence-corrected chi connectivity index (χ3v) is 1.55. The Balaban J connectivity index is 3.56.